The quantitative estimate of drug-likeness (QED) is 0.455. The first-order valence-corrected chi connectivity index (χ1v) is 10.6. The SMILES string of the molecule is CNC(=O)c1ccc(-c2nc(C(=O)CCC(=O)c3ccc(OC)c(OC)c3)ccc2OC)cc1. The molecule has 8 nitrogen and oxygen atoms in total. The van der Waals surface area contributed by atoms with Crippen molar-refractivity contribution in [2.24, 2.45) is 0 Å². The standard InChI is InChI=1S/C26H26N2O6/c1-27-26(31)17-7-5-16(6-8-17)25-23(33-3)14-10-19(28-25)21(30)12-11-20(29)18-9-13-22(32-2)24(15-18)34-4/h5-10,13-15H,11-12H2,1-4H3,(H,27,31). The number of Topliss-reactive ketones (excluding diaryl/α,β-unsaturated/α-hetero) is 2. The van der Waals surface area contributed by atoms with Crippen LogP contribution in [-0.2, 0) is 0 Å². The summed E-state index contributed by atoms with van der Waals surface area (Å²) in [6.45, 7) is 0. The Bertz CT molecular complexity index is 1200. The van der Waals surface area contributed by atoms with Gasteiger partial charge in [-0.15, -0.1) is 0 Å². The summed E-state index contributed by atoms with van der Waals surface area (Å²) in [6.07, 6.45) is 0.0275. The molecule has 176 valence electrons. The number of benzene rings is 2. The molecule has 0 unspecified atom stereocenters. The molecule has 0 aliphatic carbocycles. The van der Waals surface area contributed by atoms with Crippen LogP contribution < -0.4 is 19.5 Å². The molecular weight excluding hydrogens is 436 g/mol. The average molecular weight is 463 g/mol. The first-order chi connectivity index (χ1) is 16.4. The van der Waals surface area contributed by atoms with Gasteiger partial charge in [-0.1, -0.05) is 12.1 Å². The second-order valence-corrected chi connectivity index (χ2v) is 7.32. The van der Waals surface area contributed by atoms with Gasteiger partial charge in [-0.25, -0.2) is 4.98 Å². The molecule has 0 radical (unpaired) electrons. The molecule has 0 bridgehead atoms. The fourth-order valence-electron chi connectivity index (χ4n) is 3.41. The van der Waals surface area contributed by atoms with Gasteiger partial charge in [0.25, 0.3) is 5.91 Å². The largest absolute Gasteiger partial charge is 0.494 e. The number of nitrogens with one attached hydrogen (secondary N) is 1. The van der Waals surface area contributed by atoms with Crippen LogP contribution in [0.5, 0.6) is 17.2 Å². The van der Waals surface area contributed by atoms with Crippen molar-refractivity contribution in [3.8, 4) is 28.5 Å². The van der Waals surface area contributed by atoms with Gasteiger partial charge < -0.3 is 19.5 Å². The zero-order valence-corrected chi connectivity index (χ0v) is 19.5. The number of rotatable bonds is 10. The van der Waals surface area contributed by atoms with E-state index in [1.54, 1.807) is 61.6 Å². The van der Waals surface area contributed by atoms with Crippen LogP contribution in [0, 0.1) is 0 Å². The van der Waals surface area contributed by atoms with Gasteiger partial charge in [0, 0.05) is 36.6 Å². The number of hydrogen-bond donors (Lipinski definition) is 1. The number of nitrogens with zero attached hydrogens (tertiary/aromatic N) is 1. The molecule has 0 spiro atoms. The van der Waals surface area contributed by atoms with Gasteiger partial charge >= 0.3 is 0 Å². The van der Waals surface area contributed by atoms with Crippen molar-refractivity contribution in [3.05, 3.63) is 71.4 Å². The number of amides is 1. The molecule has 8 heteroatoms. The molecular formula is C26H26N2O6. The minimum atomic E-state index is -0.264. The van der Waals surface area contributed by atoms with Gasteiger partial charge in [-0.2, -0.15) is 0 Å². The summed E-state index contributed by atoms with van der Waals surface area (Å²) in [4.78, 5) is 41.7. The Kier molecular flexibility index (Phi) is 7.97. The molecule has 1 aromatic heterocycles. The minimum absolute atomic E-state index is 0.00154. The maximum atomic E-state index is 12.8. The van der Waals surface area contributed by atoms with Crippen LogP contribution in [0.4, 0.5) is 0 Å². The van der Waals surface area contributed by atoms with Crippen molar-refractivity contribution in [3.63, 3.8) is 0 Å². The zero-order chi connectivity index (χ0) is 24.7. The van der Waals surface area contributed by atoms with Gasteiger partial charge in [-0.3, -0.25) is 14.4 Å². The Morgan fingerprint density at radius 3 is 1.94 bits per heavy atom. The summed E-state index contributed by atoms with van der Waals surface area (Å²) in [5, 5.41) is 2.57. The lowest BCUT2D eigenvalue weighted by Gasteiger charge is -2.11. The second kappa shape index (κ2) is 11.1. The number of carbonyl (C=O) groups excluding carboxylic acids is 3. The highest BCUT2D eigenvalue weighted by Gasteiger charge is 2.17. The Morgan fingerprint density at radius 2 is 1.32 bits per heavy atom. The van der Waals surface area contributed by atoms with Crippen LogP contribution in [0.1, 0.15) is 44.0 Å². The monoisotopic (exact) mass is 462 g/mol. The highest BCUT2D eigenvalue weighted by Crippen LogP contribution is 2.30. The molecule has 0 saturated heterocycles. The second-order valence-electron chi connectivity index (χ2n) is 7.32. The van der Waals surface area contributed by atoms with Crippen molar-refractivity contribution in [1.29, 1.82) is 0 Å². The third-order valence-corrected chi connectivity index (χ3v) is 5.30. The van der Waals surface area contributed by atoms with E-state index in [4.69, 9.17) is 14.2 Å². The molecule has 2 aromatic carbocycles. The summed E-state index contributed by atoms with van der Waals surface area (Å²) in [5.74, 6) is 0.810. The third-order valence-electron chi connectivity index (χ3n) is 5.30. The molecule has 3 aromatic rings. The van der Waals surface area contributed by atoms with Crippen LogP contribution in [0.25, 0.3) is 11.3 Å². The number of hydrogen-bond acceptors (Lipinski definition) is 7. The van der Waals surface area contributed by atoms with E-state index in [9.17, 15) is 14.4 Å². The predicted molar refractivity (Wildman–Crippen MR) is 127 cm³/mol. The molecule has 1 amide bonds. The van der Waals surface area contributed by atoms with Crippen LogP contribution in [0.3, 0.4) is 0 Å². The van der Waals surface area contributed by atoms with E-state index < -0.39 is 0 Å². The molecule has 1 heterocycles. The highest BCUT2D eigenvalue weighted by molar-refractivity contribution is 6.02. The van der Waals surface area contributed by atoms with Gasteiger partial charge in [0.2, 0.25) is 0 Å². The summed E-state index contributed by atoms with van der Waals surface area (Å²) in [6, 6.07) is 15.0. The molecule has 1 N–H and O–H groups in total. The van der Waals surface area contributed by atoms with E-state index in [0.29, 0.717) is 39.6 Å². The first-order valence-electron chi connectivity index (χ1n) is 10.6. The summed E-state index contributed by atoms with van der Waals surface area (Å²) in [7, 11) is 6.09. The van der Waals surface area contributed by atoms with E-state index >= 15 is 0 Å². The minimum Gasteiger partial charge on any atom is -0.494 e. The topological polar surface area (TPSA) is 104 Å². The van der Waals surface area contributed by atoms with Crippen LogP contribution in [0.15, 0.2) is 54.6 Å². The third kappa shape index (κ3) is 5.40. The van der Waals surface area contributed by atoms with Crippen molar-refractivity contribution < 1.29 is 28.6 Å². The molecule has 0 aliphatic heterocycles. The van der Waals surface area contributed by atoms with Gasteiger partial charge in [-0.05, 0) is 42.5 Å². The summed E-state index contributed by atoms with van der Waals surface area (Å²) >= 11 is 0. The van der Waals surface area contributed by atoms with E-state index in [1.165, 1.54) is 21.3 Å². The van der Waals surface area contributed by atoms with Crippen LogP contribution in [-0.4, -0.2) is 50.8 Å². The number of ketones is 2. The molecule has 3 rings (SSSR count). The Morgan fingerprint density at radius 1 is 0.735 bits per heavy atom. The fraction of sp³-hybridized carbons (Fsp3) is 0.231. The van der Waals surface area contributed by atoms with Gasteiger partial charge in [0.1, 0.15) is 17.1 Å². The van der Waals surface area contributed by atoms with Crippen LogP contribution >= 0.6 is 0 Å². The first kappa shape index (κ1) is 24.4. The number of ether oxygens (including phenoxy) is 3. The fourth-order valence-corrected chi connectivity index (χ4v) is 3.41. The summed E-state index contributed by atoms with van der Waals surface area (Å²) < 4.78 is 15.8. The lowest BCUT2D eigenvalue weighted by atomic mass is 10.0. The van der Waals surface area contributed by atoms with E-state index in [0.717, 1.165) is 0 Å². The maximum Gasteiger partial charge on any atom is 0.251 e. The van der Waals surface area contributed by atoms with Crippen molar-refractivity contribution in [1.82, 2.24) is 10.3 Å². The maximum absolute atomic E-state index is 12.8. The highest BCUT2D eigenvalue weighted by atomic mass is 16.5. The number of methoxy groups -OCH3 is 3. The normalized spacial score (nSPS) is 10.4. The zero-order valence-electron chi connectivity index (χ0n) is 19.5. The molecule has 0 atom stereocenters. The number of carbonyl (C=O) groups is 3. The smallest absolute Gasteiger partial charge is 0.251 e. The Labute approximate surface area is 197 Å². The van der Waals surface area contributed by atoms with E-state index in [2.05, 4.69) is 10.3 Å². The molecule has 0 fully saturated rings. The number of aromatic nitrogens is 1. The number of pyridine rings is 1. The predicted octanol–water partition coefficient (Wildman–Crippen LogP) is 3.98. The molecule has 0 saturated carbocycles. The summed E-state index contributed by atoms with van der Waals surface area (Å²) in [5.41, 5.74) is 2.34. The molecule has 34 heavy (non-hydrogen) atoms. The van der Waals surface area contributed by atoms with Crippen molar-refractivity contribution in [2.45, 2.75) is 12.8 Å². The molecule has 0 aliphatic rings. The van der Waals surface area contributed by atoms with Crippen LogP contribution in [0.2, 0.25) is 0 Å². The van der Waals surface area contributed by atoms with E-state index in [-0.39, 0.29) is 36.0 Å². The Hall–Kier alpha value is -4.20. The lowest BCUT2D eigenvalue weighted by Crippen LogP contribution is -2.17. The van der Waals surface area contributed by atoms with E-state index in [1.807, 2.05) is 0 Å². The average Bonchev–Trinajstić information content (AvgIpc) is 2.90. The van der Waals surface area contributed by atoms with Crippen molar-refractivity contribution in [2.75, 3.05) is 28.4 Å². The van der Waals surface area contributed by atoms with Gasteiger partial charge in [0.05, 0.1) is 21.3 Å². The van der Waals surface area contributed by atoms with Gasteiger partial charge in [0.15, 0.2) is 23.1 Å². The van der Waals surface area contributed by atoms with Crippen molar-refractivity contribution >= 4 is 17.5 Å². The Balaban J connectivity index is 1.76. The lowest BCUT2D eigenvalue weighted by molar-refractivity contribution is 0.0915.